The smallest absolute Gasteiger partial charge is 0.360 e. The van der Waals surface area contributed by atoms with Crippen LogP contribution in [0.1, 0.15) is 69.8 Å². The number of methoxy groups -OCH3 is 1. The molecular weight excluding hydrogens is 534 g/mol. The van der Waals surface area contributed by atoms with Gasteiger partial charge in [-0.15, -0.1) is 0 Å². The molecule has 210 valence electrons. The minimum Gasteiger partial charge on any atom is -0.464 e. The molecule has 4 aliphatic rings. The predicted octanol–water partition coefficient (Wildman–Crippen LogP) is 5.47. The second-order valence-electron chi connectivity index (χ2n) is 12.6. The zero-order chi connectivity index (χ0) is 27.6. The number of carbonyl (C=O) groups excluding carboxylic acids is 1. The van der Waals surface area contributed by atoms with Crippen LogP contribution in [0, 0.1) is 22.7 Å². The number of piperidine rings is 1. The molecule has 0 unspecified atom stereocenters. The lowest BCUT2D eigenvalue weighted by Gasteiger charge is -2.46. The SMILES string of the molecule is COC(=O)c1nc(Sc2ccnc(N3CC(C(C)(C)O)C3)c2Cl)cnc1N1CCC2(CC1)CCC1(CC1)[C@H]2C. The molecular formula is C29H38ClN5O3S. The van der Waals surface area contributed by atoms with Crippen molar-refractivity contribution in [2.45, 2.75) is 74.8 Å². The van der Waals surface area contributed by atoms with Gasteiger partial charge in [0.1, 0.15) is 10.8 Å². The fraction of sp³-hybridized carbons (Fsp3) is 0.655. The number of hydrogen-bond acceptors (Lipinski definition) is 9. The van der Waals surface area contributed by atoms with Crippen LogP contribution in [0.2, 0.25) is 5.02 Å². The van der Waals surface area contributed by atoms with Gasteiger partial charge < -0.3 is 19.6 Å². The number of carbonyl (C=O) groups is 1. The Hall–Kier alpha value is -2.10. The van der Waals surface area contributed by atoms with Gasteiger partial charge in [-0.1, -0.05) is 30.3 Å². The Labute approximate surface area is 239 Å². The van der Waals surface area contributed by atoms with Crippen LogP contribution in [0.15, 0.2) is 28.4 Å². The van der Waals surface area contributed by atoms with E-state index < -0.39 is 11.6 Å². The number of anilines is 2. The zero-order valence-electron chi connectivity index (χ0n) is 23.2. The molecule has 8 nitrogen and oxygen atoms in total. The monoisotopic (exact) mass is 571 g/mol. The van der Waals surface area contributed by atoms with Gasteiger partial charge >= 0.3 is 5.97 Å². The highest BCUT2D eigenvalue weighted by atomic mass is 35.5. The normalized spacial score (nSPS) is 23.8. The summed E-state index contributed by atoms with van der Waals surface area (Å²) in [6.45, 7) is 9.30. The van der Waals surface area contributed by atoms with E-state index in [1.165, 1.54) is 44.6 Å². The van der Waals surface area contributed by atoms with E-state index in [2.05, 4.69) is 21.7 Å². The Morgan fingerprint density at radius 3 is 2.33 bits per heavy atom. The van der Waals surface area contributed by atoms with E-state index >= 15 is 0 Å². The van der Waals surface area contributed by atoms with Crippen molar-refractivity contribution in [3.8, 4) is 0 Å². The number of hydrogen-bond donors (Lipinski definition) is 1. The van der Waals surface area contributed by atoms with Crippen molar-refractivity contribution in [2.24, 2.45) is 22.7 Å². The highest BCUT2D eigenvalue weighted by Gasteiger charge is 2.60. The maximum absolute atomic E-state index is 12.8. The maximum atomic E-state index is 12.8. The van der Waals surface area contributed by atoms with E-state index in [1.54, 1.807) is 12.4 Å². The fourth-order valence-electron chi connectivity index (χ4n) is 7.08. The van der Waals surface area contributed by atoms with Crippen LogP contribution in [0.3, 0.4) is 0 Å². The molecule has 0 aromatic carbocycles. The minimum absolute atomic E-state index is 0.170. The van der Waals surface area contributed by atoms with Crippen LogP contribution in [0.5, 0.6) is 0 Å². The molecule has 2 aliphatic heterocycles. The number of aliphatic hydroxyl groups is 1. The quantitative estimate of drug-likeness (QED) is 0.453. The van der Waals surface area contributed by atoms with Gasteiger partial charge in [-0.05, 0) is 75.2 Å². The van der Waals surface area contributed by atoms with Crippen molar-refractivity contribution in [3.63, 3.8) is 0 Å². The summed E-state index contributed by atoms with van der Waals surface area (Å²) >= 11 is 8.13. The van der Waals surface area contributed by atoms with Crippen molar-refractivity contribution in [3.05, 3.63) is 29.2 Å². The summed E-state index contributed by atoms with van der Waals surface area (Å²) in [6.07, 6.45) is 11.2. The maximum Gasteiger partial charge on any atom is 0.360 e. The van der Waals surface area contributed by atoms with Crippen molar-refractivity contribution >= 4 is 41.0 Å². The summed E-state index contributed by atoms with van der Waals surface area (Å²) in [5, 5.41) is 11.4. The summed E-state index contributed by atoms with van der Waals surface area (Å²) < 4.78 is 5.11. The molecule has 2 aliphatic carbocycles. The number of halogens is 1. The Morgan fingerprint density at radius 1 is 1.08 bits per heavy atom. The summed E-state index contributed by atoms with van der Waals surface area (Å²) in [6, 6.07) is 1.84. The van der Waals surface area contributed by atoms with E-state index in [9.17, 15) is 9.90 Å². The van der Waals surface area contributed by atoms with Gasteiger partial charge in [0.15, 0.2) is 11.5 Å². The van der Waals surface area contributed by atoms with Crippen molar-refractivity contribution in [1.29, 1.82) is 0 Å². The molecule has 0 bridgehead atoms. The second-order valence-corrected chi connectivity index (χ2v) is 14.1. The number of esters is 1. The number of nitrogens with zero attached hydrogens (tertiary/aromatic N) is 5. The topological polar surface area (TPSA) is 91.7 Å². The van der Waals surface area contributed by atoms with E-state index in [0.29, 0.717) is 45.6 Å². The summed E-state index contributed by atoms with van der Waals surface area (Å²) in [5.41, 5.74) is 0.568. The van der Waals surface area contributed by atoms with E-state index in [0.717, 1.165) is 36.7 Å². The summed E-state index contributed by atoms with van der Waals surface area (Å²) in [5.74, 6) is 1.77. The lowest BCUT2D eigenvalue weighted by atomic mass is 9.69. The molecule has 6 rings (SSSR count). The van der Waals surface area contributed by atoms with Gasteiger partial charge in [-0.2, -0.15) is 0 Å². The molecule has 2 spiro atoms. The van der Waals surface area contributed by atoms with Crippen molar-refractivity contribution < 1.29 is 14.6 Å². The molecule has 4 fully saturated rings. The largest absolute Gasteiger partial charge is 0.464 e. The Balaban J connectivity index is 1.18. The van der Waals surface area contributed by atoms with E-state index in [4.69, 9.17) is 26.3 Å². The number of pyridine rings is 1. The molecule has 0 radical (unpaired) electrons. The molecule has 1 atom stereocenters. The molecule has 2 aromatic heterocycles. The molecule has 4 heterocycles. The highest BCUT2D eigenvalue weighted by molar-refractivity contribution is 7.99. The lowest BCUT2D eigenvalue weighted by molar-refractivity contribution is 0.00437. The number of rotatable bonds is 6. The van der Waals surface area contributed by atoms with E-state index in [1.807, 2.05) is 19.9 Å². The molecule has 2 saturated heterocycles. The van der Waals surface area contributed by atoms with Gasteiger partial charge in [0.05, 0.1) is 23.9 Å². The Morgan fingerprint density at radius 2 is 1.72 bits per heavy atom. The first-order valence-corrected chi connectivity index (χ1v) is 15.2. The van der Waals surface area contributed by atoms with Crippen LogP contribution in [-0.2, 0) is 4.74 Å². The van der Waals surface area contributed by atoms with Crippen LogP contribution >= 0.6 is 23.4 Å². The average molecular weight is 572 g/mol. The molecule has 0 amide bonds. The van der Waals surface area contributed by atoms with Gasteiger partial charge in [-0.25, -0.2) is 19.7 Å². The highest BCUT2D eigenvalue weighted by Crippen LogP contribution is 2.69. The molecule has 2 saturated carbocycles. The molecule has 10 heteroatoms. The molecule has 2 aromatic rings. The third kappa shape index (κ3) is 4.78. The Kier molecular flexibility index (Phi) is 6.79. The minimum atomic E-state index is -0.735. The van der Waals surface area contributed by atoms with Crippen molar-refractivity contribution in [2.75, 3.05) is 43.1 Å². The predicted molar refractivity (Wildman–Crippen MR) is 153 cm³/mol. The molecule has 39 heavy (non-hydrogen) atoms. The van der Waals surface area contributed by atoms with Crippen LogP contribution in [0.25, 0.3) is 0 Å². The van der Waals surface area contributed by atoms with Gasteiger partial charge in [0.2, 0.25) is 0 Å². The standard InChI is InChI=1S/C29H38ClN5O3S/c1-18-28(6-7-28)8-9-29(18)10-13-34(14-11-29)25-23(26(36)38-4)33-21(15-32-25)39-20-5-12-31-24(22(20)30)35-16-19(17-35)27(2,3)37/h5,12,15,18-19,37H,6-11,13-14,16-17H2,1-4H3/t18-/m1/s1. The third-order valence-corrected chi connectivity index (χ3v) is 11.7. The summed E-state index contributed by atoms with van der Waals surface area (Å²) in [7, 11) is 1.38. The van der Waals surface area contributed by atoms with Gasteiger partial charge in [-0.3, -0.25) is 0 Å². The summed E-state index contributed by atoms with van der Waals surface area (Å²) in [4.78, 5) is 31.8. The lowest BCUT2D eigenvalue weighted by Crippen LogP contribution is -2.56. The first-order chi connectivity index (χ1) is 18.6. The van der Waals surface area contributed by atoms with Gasteiger partial charge in [0.25, 0.3) is 0 Å². The van der Waals surface area contributed by atoms with Gasteiger partial charge in [0, 0.05) is 43.2 Å². The molecule has 1 N–H and O–H groups in total. The van der Waals surface area contributed by atoms with E-state index in [-0.39, 0.29) is 11.6 Å². The number of ether oxygens (including phenoxy) is 1. The fourth-order valence-corrected chi connectivity index (χ4v) is 8.20. The third-order valence-electron chi connectivity index (χ3n) is 10.2. The number of aromatic nitrogens is 3. The average Bonchev–Trinajstić information content (AvgIpc) is 3.63. The first kappa shape index (κ1) is 27.1. The van der Waals surface area contributed by atoms with Crippen molar-refractivity contribution in [1.82, 2.24) is 15.0 Å². The van der Waals surface area contributed by atoms with Crippen LogP contribution < -0.4 is 9.80 Å². The van der Waals surface area contributed by atoms with Crippen LogP contribution in [0.4, 0.5) is 11.6 Å². The first-order valence-electron chi connectivity index (χ1n) is 14.1. The Bertz CT molecular complexity index is 1270. The zero-order valence-corrected chi connectivity index (χ0v) is 24.8. The van der Waals surface area contributed by atoms with Crippen LogP contribution in [-0.4, -0.2) is 64.9 Å². The second kappa shape index (κ2) is 9.77.